The van der Waals surface area contributed by atoms with Gasteiger partial charge in [-0.1, -0.05) is 48.9 Å². The minimum absolute atomic E-state index is 0.0295. The molecule has 0 spiro atoms. The van der Waals surface area contributed by atoms with Crippen LogP contribution in [0.2, 0.25) is 0 Å². The van der Waals surface area contributed by atoms with Gasteiger partial charge in [0.2, 0.25) is 5.91 Å². The van der Waals surface area contributed by atoms with E-state index < -0.39 is 0 Å². The first-order valence-electron chi connectivity index (χ1n) is 9.76. The number of carbonyl (C=O) groups excluding carboxylic acids is 1. The van der Waals surface area contributed by atoms with Crippen molar-refractivity contribution in [3.05, 3.63) is 54.1 Å². The van der Waals surface area contributed by atoms with Gasteiger partial charge in [-0.2, -0.15) is 0 Å². The van der Waals surface area contributed by atoms with Crippen LogP contribution in [0.25, 0.3) is 11.1 Å². The van der Waals surface area contributed by atoms with Crippen LogP contribution in [0.15, 0.2) is 48.5 Å². The second-order valence-electron chi connectivity index (χ2n) is 7.56. The number of para-hydroxylation sites is 1. The molecule has 0 radical (unpaired) electrons. The lowest BCUT2D eigenvalue weighted by molar-refractivity contribution is -0.132. The molecule has 3 atom stereocenters. The summed E-state index contributed by atoms with van der Waals surface area (Å²) in [6, 6.07) is 16.6. The van der Waals surface area contributed by atoms with Crippen LogP contribution < -0.4 is 10.5 Å². The van der Waals surface area contributed by atoms with Gasteiger partial charge in [0.1, 0.15) is 5.75 Å². The SMILES string of the molecule is COc1ccccc1-c1ccc(C(C)N(C)C(=O)C[C@@H]2CCC[C@H]2N)cc1. The predicted molar refractivity (Wildman–Crippen MR) is 110 cm³/mol. The van der Waals surface area contributed by atoms with Crippen molar-refractivity contribution in [2.75, 3.05) is 14.2 Å². The highest BCUT2D eigenvalue weighted by Gasteiger charge is 2.28. The summed E-state index contributed by atoms with van der Waals surface area (Å²) in [5.74, 6) is 1.37. The van der Waals surface area contributed by atoms with E-state index in [1.54, 1.807) is 7.11 Å². The van der Waals surface area contributed by atoms with E-state index in [1.807, 2.05) is 30.1 Å². The van der Waals surface area contributed by atoms with Gasteiger partial charge >= 0.3 is 0 Å². The Bertz CT molecular complexity index is 772. The number of benzene rings is 2. The topological polar surface area (TPSA) is 55.6 Å². The monoisotopic (exact) mass is 366 g/mol. The molecule has 144 valence electrons. The Morgan fingerprint density at radius 3 is 2.52 bits per heavy atom. The first-order valence-corrected chi connectivity index (χ1v) is 9.76. The van der Waals surface area contributed by atoms with Crippen molar-refractivity contribution < 1.29 is 9.53 Å². The largest absolute Gasteiger partial charge is 0.496 e. The average Bonchev–Trinajstić information content (AvgIpc) is 3.11. The van der Waals surface area contributed by atoms with Crippen LogP contribution in [0.3, 0.4) is 0 Å². The molecule has 1 saturated carbocycles. The summed E-state index contributed by atoms with van der Waals surface area (Å²) in [4.78, 5) is 14.5. The van der Waals surface area contributed by atoms with E-state index in [4.69, 9.17) is 10.5 Å². The van der Waals surface area contributed by atoms with Crippen molar-refractivity contribution in [2.45, 2.75) is 44.7 Å². The summed E-state index contributed by atoms with van der Waals surface area (Å²) in [6.07, 6.45) is 3.81. The highest BCUT2D eigenvalue weighted by atomic mass is 16.5. The van der Waals surface area contributed by atoms with E-state index in [2.05, 4.69) is 37.3 Å². The number of methoxy groups -OCH3 is 1. The van der Waals surface area contributed by atoms with Crippen LogP contribution in [-0.4, -0.2) is 31.0 Å². The second-order valence-corrected chi connectivity index (χ2v) is 7.56. The first-order chi connectivity index (χ1) is 13.0. The van der Waals surface area contributed by atoms with Crippen LogP contribution >= 0.6 is 0 Å². The van der Waals surface area contributed by atoms with E-state index in [9.17, 15) is 4.79 Å². The van der Waals surface area contributed by atoms with Crippen molar-refractivity contribution in [2.24, 2.45) is 11.7 Å². The molecule has 0 aliphatic heterocycles. The maximum Gasteiger partial charge on any atom is 0.223 e. The molecule has 2 aromatic rings. The molecule has 4 heteroatoms. The third-order valence-electron chi connectivity index (χ3n) is 5.94. The fraction of sp³-hybridized carbons (Fsp3) is 0.435. The van der Waals surface area contributed by atoms with Crippen molar-refractivity contribution in [1.29, 1.82) is 0 Å². The van der Waals surface area contributed by atoms with Gasteiger partial charge < -0.3 is 15.4 Å². The minimum Gasteiger partial charge on any atom is -0.496 e. The normalized spacial score (nSPS) is 20.3. The quantitative estimate of drug-likeness (QED) is 0.824. The van der Waals surface area contributed by atoms with E-state index in [-0.39, 0.29) is 18.0 Å². The molecular weight excluding hydrogens is 336 g/mol. The van der Waals surface area contributed by atoms with Crippen LogP contribution in [0.4, 0.5) is 0 Å². The molecule has 1 aliphatic rings. The zero-order valence-corrected chi connectivity index (χ0v) is 16.5. The van der Waals surface area contributed by atoms with Crippen molar-refractivity contribution in [3.8, 4) is 16.9 Å². The fourth-order valence-electron chi connectivity index (χ4n) is 3.95. The average molecular weight is 367 g/mol. The third kappa shape index (κ3) is 4.33. The summed E-state index contributed by atoms with van der Waals surface area (Å²) in [6.45, 7) is 2.07. The van der Waals surface area contributed by atoms with Gasteiger partial charge in [-0.25, -0.2) is 0 Å². The highest BCUT2D eigenvalue weighted by molar-refractivity contribution is 5.77. The Kier molecular flexibility index (Phi) is 6.17. The van der Waals surface area contributed by atoms with Gasteiger partial charge in [0.25, 0.3) is 0 Å². The molecule has 2 N–H and O–H groups in total. The molecular formula is C23H30N2O2. The van der Waals surface area contributed by atoms with Crippen LogP contribution in [0, 0.1) is 5.92 Å². The first kappa shape index (κ1) is 19.4. The molecule has 1 amide bonds. The number of carbonyl (C=O) groups is 1. The Hall–Kier alpha value is -2.33. The van der Waals surface area contributed by atoms with Gasteiger partial charge in [-0.15, -0.1) is 0 Å². The van der Waals surface area contributed by atoms with E-state index in [0.29, 0.717) is 12.3 Å². The van der Waals surface area contributed by atoms with Crippen LogP contribution in [-0.2, 0) is 4.79 Å². The smallest absolute Gasteiger partial charge is 0.223 e. The van der Waals surface area contributed by atoms with E-state index in [1.165, 1.54) is 0 Å². The Balaban J connectivity index is 1.69. The maximum atomic E-state index is 12.7. The van der Waals surface area contributed by atoms with E-state index >= 15 is 0 Å². The summed E-state index contributed by atoms with van der Waals surface area (Å²) in [5.41, 5.74) is 9.43. The fourth-order valence-corrected chi connectivity index (χ4v) is 3.95. The molecule has 1 aliphatic carbocycles. The van der Waals surface area contributed by atoms with Crippen molar-refractivity contribution >= 4 is 5.91 Å². The van der Waals surface area contributed by atoms with Crippen molar-refractivity contribution in [1.82, 2.24) is 4.90 Å². The number of amides is 1. The lowest BCUT2D eigenvalue weighted by Gasteiger charge is -2.27. The number of ether oxygens (including phenoxy) is 1. The molecule has 1 fully saturated rings. The van der Waals surface area contributed by atoms with E-state index in [0.717, 1.165) is 41.7 Å². The Morgan fingerprint density at radius 1 is 1.19 bits per heavy atom. The van der Waals surface area contributed by atoms with Gasteiger partial charge in [-0.05, 0) is 42.9 Å². The lowest BCUT2D eigenvalue weighted by Crippen LogP contribution is -2.34. The molecule has 0 heterocycles. The predicted octanol–water partition coefficient (Wildman–Crippen LogP) is 4.40. The molecule has 27 heavy (non-hydrogen) atoms. The standard InChI is InChI=1S/C23H30N2O2/c1-16(25(2)23(26)15-19-7-6-9-21(19)24)17-11-13-18(14-12-17)20-8-4-5-10-22(20)27-3/h4-5,8,10-14,16,19,21H,6-7,9,15,24H2,1-3H3/t16?,19-,21+/m0/s1. The molecule has 0 bridgehead atoms. The molecule has 0 saturated heterocycles. The third-order valence-corrected chi connectivity index (χ3v) is 5.94. The maximum absolute atomic E-state index is 12.7. The zero-order chi connectivity index (χ0) is 19.4. The molecule has 4 nitrogen and oxygen atoms in total. The molecule has 3 rings (SSSR count). The highest BCUT2D eigenvalue weighted by Crippen LogP contribution is 2.32. The molecule has 2 aromatic carbocycles. The number of hydrogen-bond acceptors (Lipinski definition) is 3. The zero-order valence-electron chi connectivity index (χ0n) is 16.5. The molecule has 0 aromatic heterocycles. The number of nitrogens with zero attached hydrogens (tertiary/aromatic N) is 1. The Morgan fingerprint density at radius 2 is 1.89 bits per heavy atom. The summed E-state index contributed by atoms with van der Waals surface area (Å²) >= 11 is 0. The number of nitrogens with two attached hydrogens (primary N) is 1. The lowest BCUT2D eigenvalue weighted by atomic mass is 9.97. The van der Waals surface area contributed by atoms with Crippen molar-refractivity contribution in [3.63, 3.8) is 0 Å². The summed E-state index contributed by atoms with van der Waals surface area (Å²) in [7, 11) is 3.58. The summed E-state index contributed by atoms with van der Waals surface area (Å²) < 4.78 is 5.46. The van der Waals surface area contributed by atoms with Crippen LogP contribution in [0.5, 0.6) is 5.75 Å². The Labute approximate surface area is 162 Å². The van der Waals surface area contributed by atoms with Gasteiger partial charge in [0.15, 0.2) is 0 Å². The van der Waals surface area contributed by atoms with Gasteiger partial charge in [-0.3, -0.25) is 4.79 Å². The van der Waals surface area contributed by atoms with Gasteiger partial charge in [0, 0.05) is 25.1 Å². The summed E-state index contributed by atoms with van der Waals surface area (Å²) in [5, 5.41) is 0. The number of rotatable bonds is 6. The number of hydrogen-bond donors (Lipinski definition) is 1. The van der Waals surface area contributed by atoms with Gasteiger partial charge in [0.05, 0.1) is 13.2 Å². The van der Waals surface area contributed by atoms with Crippen LogP contribution in [0.1, 0.15) is 44.2 Å². The minimum atomic E-state index is 0.0295. The second kappa shape index (κ2) is 8.57. The molecule has 1 unspecified atom stereocenters.